The molecule has 0 unspecified atom stereocenters. The molecule has 2 aromatic carbocycles. The van der Waals surface area contributed by atoms with E-state index < -0.39 is 0 Å². The van der Waals surface area contributed by atoms with Gasteiger partial charge in [0.2, 0.25) is 5.95 Å². The third-order valence-corrected chi connectivity index (χ3v) is 5.40. The number of rotatable bonds is 6. The Morgan fingerprint density at radius 1 is 1.13 bits per heavy atom. The molecule has 30 heavy (non-hydrogen) atoms. The van der Waals surface area contributed by atoms with E-state index in [2.05, 4.69) is 53.5 Å². The third-order valence-electron chi connectivity index (χ3n) is 5.40. The minimum atomic E-state index is -0.380. The minimum Gasteiger partial charge on any atom is -0.462 e. The number of hydrogen-bond acceptors (Lipinski definition) is 5. The van der Waals surface area contributed by atoms with Crippen LogP contribution < -0.4 is 5.32 Å². The lowest BCUT2D eigenvalue weighted by molar-refractivity contribution is -0.139. The summed E-state index contributed by atoms with van der Waals surface area (Å²) in [5.41, 5.74) is 4.65. The zero-order valence-electron chi connectivity index (χ0n) is 17.5. The zero-order chi connectivity index (χ0) is 21.1. The lowest BCUT2D eigenvalue weighted by Crippen LogP contribution is -2.30. The molecule has 1 aliphatic heterocycles. The summed E-state index contributed by atoms with van der Waals surface area (Å²) in [7, 11) is 0. The smallest absolute Gasteiger partial charge is 0.338 e. The molecule has 154 valence electrons. The third kappa shape index (κ3) is 3.99. The van der Waals surface area contributed by atoms with E-state index in [9.17, 15) is 4.79 Å². The molecule has 0 aliphatic carbocycles. The van der Waals surface area contributed by atoms with Crippen LogP contribution in [0.3, 0.4) is 0 Å². The highest BCUT2D eigenvalue weighted by Gasteiger charge is 2.34. The maximum absolute atomic E-state index is 13.1. The van der Waals surface area contributed by atoms with Crippen LogP contribution in [0.25, 0.3) is 0 Å². The summed E-state index contributed by atoms with van der Waals surface area (Å²) in [6.07, 6.45) is 2.17. The minimum absolute atomic E-state index is 0.322. The van der Waals surface area contributed by atoms with Gasteiger partial charge in [-0.3, -0.25) is 0 Å². The van der Waals surface area contributed by atoms with Gasteiger partial charge in [-0.15, -0.1) is 0 Å². The summed E-state index contributed by atoms with van der Waals surface area (Å²) < 4.78 is 7.40. The first-order chi connectivity index (χ1) is 14.5. The van der Waals surface area contributed by atoms with Gasteiger partial charge in [0.15, 0.2) is 0 Å². The summed E-state index contributed by atoms with van der Waals surface area (Å²) in [5.74, 6) is 0.718. The van der Waals surface area contributed by atoms with Gasteiger partial charge in [0.1, 0.15) is 12.4 Å². The van der Waals surface area contributed by atoms with Gasteiger partial charge in [-0.2, -0.15) is 10.1 Å². The topological polar surface area (TPSA) is 69.0 Å². The van der Waals surface area contributed by atoms with Gasteiger partial charge in [0, 0.05) is 12.1 Å². The Labute approximate surface area is 176 Å². The van der Waals surface area contributed by atoms with Crippen molar-refractivity contribution in [1.82, 2.24) is 14.8 Å². The molecule has 1 atom stereocenters. The highest BCUT2D eigenvalue weighted by atomic mass is 16.5. The Bertz CT molecular complexity index is 1050. The fourth-order valence-electron chi connectivity index (χ4n) is 3.71. The number of carbonyl (C=O) groups is 1. The van der Waals surface area contributed by atoms with Crippen LogP contribution in [-0.4, -0.2) is 27.3 Å². The van der Waals surface area contributed by atoms with Crippen molar-refractivity contribution in [3.8, 4) is 0 Å². The molecule has 4 rings (SSSR count). The Kier molecular flexibility index (Phi) is 5.65. The summed E-state index contributed by atoms with van der Waals surface area (Å²) in [6.45, 7) is 6.52. The van der Waals surface area contributed by atoms with Crippen molar-refractivity contribution in [2.24, 2.45) is 0 Å². The second-order valence-corrected chi connectivity index (χ2v) is 7.79. The number of esters is 1. The molecule has 2 heterocycles. The van der Waals surface area contributed by atoms with Crippen molar-refractivity contribution >= 4 is 11.9 Å². The molecule has 1 aromatic heterocycles. The second-order valence-electron chi connectivity index (χ2n) is 7.79. The molecular weight excluding hydrogens is 376 g/mol. The predicted molar refractivity (Wildman–Crippen MR) is 116 cm³/mol. The molecule has 3 aromatic rings. The van der Waals surface area contributed by atoms with Crippen molar-refractivity contribution in [2.75, 3.05) is 11.9 Å². The summed E-state index contributed by atoms with van der Waals surface area (Å²) in [5, 5.41) is 7.54. The Hall–Kier alpha value is -3.41. The van der Waals surface area contributed by atoms with Crippen LogP contribution in [0.2, 0.25) is 0 Å². The van der Waals surface area contributed by atoms with Gasteiger partial charge < -0.3 is 10.1 Å². The van der Waals surface area contributed by atoms with Crippen LogP contribution in [0.15, 0.2) is 72.2 Å². The van der Waals surface area contributed by atoms with Crippen molar-refractivity contribution in [2.45, 2.75) is 39.2 Å². The van der Waals surface area contributed by atoms with E-state index in [1.54, 1.807) is 4.68 Å². The quantitative estimate of drug-likeness (QED) is 0.616. The average molecular weight is 402 g/mol. The standard InChI is InChI=1S/C24H26N4O2/c1-16(2)19-9-11-20(12-10-19)22-21(17(3)27-24-25-15-26-28(22)24)23(29)30-14-13-18-7-5-4-6-8-18/h4-12,15-16,22H,13-14H2,1-3H3,(H,25,26,27)/t22-/m1/s1. The number of aromatic nitrogens is 3. The summed E-state index contributed by atoms with van der Waals surface area (Å²) >= 11 is 0. The van der Waals surface area contributed by atoms with Crippen LogP contribution in [0.4, 0.5) is 5.95 Å². The molecule has 0 amide bonds. The van der Waals surface area contributed by atoms with Crippen molar-refractivity contribution in [3.05, 3.63) is 88.9 Å². The Morgan fingerprint density at radius 2 is 1.87 bits per heavy atom. The van der Waals surface area contributed by atoms with E-state index in [1.165, 1.54) is 11.9 Å². The van der Waals surface area contributed by atoms with E-state index in [4.69, 9.17) is 4.74 Å². The number of hydrogen-bond donors (Lipinski definition) is 1. The molecule has 0 spiro atoms. The number of nitrogens with one attached hydrogen (secondary N) is 1. The average Bonchev–Trinajstić information content (AvgIpc) is 3.21. The molecule has 0 saturated carbocycles. The van der Waals surface area contributed by atoms with E-state index in [1.807, 2.05) is 37.3 Å². The van der Waals surface area contributed by atoms with E-state index in [0.29, 0.717) is 30.5 Å². The van der Waals surface area contributed by atoms with Crippen LogP contribution >= 0.6 is 0 Å². The van der Waals surface area contributed by atoms with Crippen LogP contribution in [0.5, 0.6) is 0 Å². The molecule has 0 bridgehead atoms. The number of benzene rings is 2. The lowest BCUT2D eigenvalue weighted by atomic mass is 9.93. The van der Waals surface area contributed by atoms with Gasteiger partial charge in [-0.1, -0.05) is 68.4 Å². The molecule has 0 saturated heterocycles. The Balaban J connectivity index is 1.59. The molecule has 6 nitrogen and oxygen atoms in total. The number of ether oxygens (including phenoxy) is 1. The van der Waals surface area contributed by atoms with E-state index >= 15 is 0 Å². The SMILES string of the molecule is CC1=C(C(=O)OCCc2ccccc2)[C@@H](c2ccc(C(C)C)cc2)n2ncnc2N1. The fraction of sp³-hybridized carbons (Fsp3) is 0.292. The molecular formula is C24H26N4O2. The van der Waals surface area contributed by atoms with Crippen LogP contribution in [0.1, 0.15) is 49.4 Å². The number of fused-ring (bicyclic) bond motifs is 1. The Morgan fingerprint density at radius 3 is 2.57 bits per heavy atom. The van der Waals surface area contributed by atoms with Gasteiger partial charge in [0.25, 0.3) is 0 Å². The summed E-state index contributed by atoms with van der Waals surface area (Å²) in [6, 6.07) is 17.9. The maximum atomic E-state index is 13.1. The largest absolute Gasteiger partial charge is 0.462 e. The highest BCUT2D eigenvalue weighted by molar-refractivity contribution is 5.92. The first-order valence-electron chi connectivity index (χ1n) is 10.2. The number of anilines is 1. The molecule has 6 heteroatoms. The van der Waals surface area contributed by atoms with Crippen LogP contribution in [0, 0.1) is 0 Å². The predicted octanol–water partition coefficient (Wildman–Crippen LogP) is 4.48. The molecule has 1 aliphatic rings. The monoisotopic (exact) mass is 402 g/mol. The fourth-order valence-corrected chi connectivity index (χ4v) is 3.71. The maximum Gasteiger partial charge on any atom is 0.338 e. The number of allylic oxidation sites excluding steroid dienone is 1. The lowest BCUT2D eigenvalue weighted by Gasteiger charge is -2.28. The van der Waals surface area contributed by atoms with Gasteiger partial charge in [-0.25, -0.2) is 9.48 Å². The van der Waals surface area contributed by atoms with Gasteiger partial charge in [0.05, 0.1) is 12.2 Å². The molecule has 0 radical (unpaired) electrons. The van der Waals surface area contributed by atoms with Crippen molar-refractivity contribution in [1.29, 1.82) is 0 Å². The molecule has 1 N–H and O–H groups in total. The first-order valence-corrected chi connectivity index (χ1v) is 10.2. The van der Waals surface area contributed by atoms with E-state index in [-0.39, 0.29) is 12.0 Å². The molecule has 0 fully saturated rings. The summed E-state index contributed by atoms with van der Waals surface area (Å²) in [4.78, 5) is 17.4. The van der Waals surface area contributed by atoms with Gasteiger partial charge >= 0.3 is 5.97 Å². The second kappa shape index (κ2) is 8.53. The normalized spacial score (nSPS) is 15.7. The van der Waals surface area contributed by atoms with Crippen molar-refractivity contribution in [3.63, 3.8) is 0 Å². The van der Waals surface area contributed by atoms with E-state index in [0.717, 1.165) is 16.8 Å². The number of nitrogens with zero attached hydrogens (tertiary/aromatic N) is 3. The van der Waals surface area contributed by atoms with Crippen molar-refractivity contribution < 1.29 is 9.53 Å². The first kappa shape index (κ1) is 19.9. The van der Waals surface area contributed by atoms with Crippen LogP contribution in [-0.2, 0) is 16.0 Å². The highest BCUT2D eigenvalue weighted by Crippen LogP contribution is 2.35. The van der Waals surface area contributed by atoms with Gasteiger partial charge in [-0.05, 0) is 29.5 Å². The number of carbonyl (C=O) groups excluding carboxylic acids is 1. The zero-order valence-corrected chi connectivity index (χ0v) is 17.5.